The van der Waals surface area contributed by atoms with Crippen LogP contribution in [0.4, 0.5) is 0 Å². The van der Waals surface area contributed by atoms with E-state index in [4.69, 9.17) is 4.74 Å². The molecule has 4 rings (SSSR count). The van der Waals surface area contributed by atoms with Gasteiger partial charge in [-0.3, -0.25) is 9.59 Å². The summed E-state index contributed by atoms with van der Waals surface area (Å²) >= 11 is 0. The Labute approximate surface area is 163 Å². The third kappa shape index (κ3) is 3.32. The van der Waals surface area contributed by atoms with E-state index in [2.05, 4.69) is 20.4 Å². The van der Waals surface area contributed by atoms with Gasteiger partial charge in [0.2, 0.25) is 11.8 Å². The number of ether oxygens (including phenoxy) is 1. The maximum atomic E-state index is 12.9. The van der Waals surface area contributed by atoms with Crippen LogP contribution in [0.2, 0.25) is 0 Å². The molecule has 1 aliphatic carbocycles. The molecule has 148 valence electrons. The first kappa shape index (κ1) is 18.4. The minimum atomic E-state index is -0.490. The molecule has 9 nitrogen and oxygen atoms in total. The molecule has 1 fully saturated rings. The largest absolute Gasteiger partial charge is 0.481 e. The van der Waals surface area contributed by atoms with Crippen molar-refractivity contribution in [1.82, 2.24) is 30.0 Å². The third-order valence-corrected chi connectivity index (χ3v) is 5.58. The number of aromatic nitrogens is 4. The van der Waals surface area contributed by atoms with Gasteiger partial charge in [-0.2, -0.15) is 5.10 Å². The molecule has 1 N–H and O–H groups in total. The van der Waals surface area contributed by atoms with E-state index in [0.29, 0.717) is 29.6 Å². The molecule has 1 atom stereocenters. The number of hydrogen-bond acceptors (Lipinski definition) is 6. The van der Waals surface area contributed by atoms with Gasteiger partial charge in [0.25, 0.3) is 5.91 Å². The van der Waals surface area contributed by atoms with Gasteiger partial charge in [-0.15, -0.1) is 0 Å². The van der Waals surface area contributed by atoms with Crippen molar-refractivity contribution in [2.24, 2.45) is 0 Å². The number of fused-ring (bicyclic) bond motifs is 1. The van der Waals surface area contributed by atoms with Crippen molar-refractivity contribution in [2.45, 2.75) is 57.8 Å². The Kier molecular flexibility index (Phi) is 4.97. The molecule has 0 radical (unpaired) electrons. The molecule has 2 amide bonds. The molecule has 2 aromatic rings. The second-order valence-electron chi connectivity index (χ2n) is 7.29. The number of carbonyl (C=O) groups is 2. The fourth-order valence-corrected chi connectivity index (χ4v) is 3.95. The van der Waals surface area contributed by atoms with Crippen LogP contribution in [0.15, 0.2) is 18.7 Å². The Bertz CT molecular complexity index is 876. The molecule has 9 heteroatoms. The molecule has 0 unspecified atom stereocenters. The lowest BCUT2D eigenvalue weighted by atomic mass is 10.1. The average molecular weight is 384 g/mol. The van der Waals surface area contributed by atoms with Gasteiger partial charge < -0.3 is 15.0 Å². The van der Waals surface area contributed by atoms with E-state index in [1.54, 1.807) is 20.1 Å². The minimum Gasteiger partial charge on any atom is -0.481 e. The van der Waals surface area contributed by atoms with Crippen LogP contribution in [0, 0.1) is 0 Å². The lowest BCUT2D eigenvalue weighted by Gasteiger charge is -2.22. The summed E-state index contributed by atoms with van der Waals surface area (Å²) in [6.45, 7) is 2.49. The predicted molar refractivity (Wildman–Crippen MR) is 99.5 cm³/mol. The number of carbonyl (C=O) groups excluding carboxylic acids is 2. The van der Waals surface area contributed by atoms with Gasteiger partial charge in [0.1, 0.15) is 18.7 Å². The van der Waals surface area contributed by atoms with Gasteiger partial charge in [0.15, 0.2) is 0 Å². The fraction of sp³-hybridized carbons (Fsp3) is 0.526. The summed E-state index contributed by atoms with van der Waals surface area (Å²) in [5.41, 5.74) is 2.04. The quantitative estimate of drug-likeness (QED) is 0.809. The number of rotatable bonds is 6. The first-order chi connectivity index (χ1) is 13.6. The standard InChI is InChI=1S/C19H24N6O3/c1-12(25-11-20-10-22-25)17(26)21-8-13-7-15-16(23-18(13)28-2)9-24(19(15)27)14-5-3-4-6-14/h7,10-12,14H,3-6,8-9H2,1-2H3,(H,21,26)/t12-/m1/s1. The first-order valence-corrected chi connectivity index (χ1v) is 9.58. The Morgan fingerprint density at radius 2 is 2.18 bits per heavy atom. The number of hydrogen-bond donors (Lipinski definition) is 1. The van der Waals surface area contributed by atoms with E-state index >= 15 is 0 Å². The maximum Gasteiger partial charge on any atom is 0.256 e. The summed E-state index contributed by atoms with van der Waals surface area (Å²) in [4.78, 5) is 35.6. The van der Waals surface area contributed by atoms with E-state index in [9.17, 15) is 9.59 Å². The monoisotopic (exact) mass is 384 g/mol. The minimum absolute atomic E-state index is 0.0283. The lowest BCUT2D eigenvalue weighted by molar-refractivity contribution is -0.124. The summed E-state index contributed by atoms with van der Waals surface area (Å²) in [5, 5.41) is 6.85. The second-order valence-corrected chi connectivity index (χ2v) is 7.29. The van der Waals surface area contributed by atoms with E-state index in [-0.39, 0.29) is 18.4 Å². The van der Waals surface area contributed by atoms with Gasteiger partial charge in [0.05, 0.1) is 24.9 Å². The zero-order valence-electron chi connectivity index (χ0n) is 16.1. The van der Waals surface area contributed by atoms with Crippen molar-refractivity contribution in [3.05, 3.63) is 35.5 Å². The number of nitrogens with zero attached hydrogens (tertiary/aromatic N) is 5. The molecule has 28 heavy (non-hydrogen) atoms. The van der Waals surface area contributed by atoms with Gasteiger partial charge in [-0.1, -0.05) is 12.8 Å². The smallest absolute Gasteiger partial charge is 0.256 e. The highest BCUT2D eigenvalue weighted by molar-refractivity contribution is 5.98. The highest BCUT2D eigenvalue weighted by atomic mass is 16.5. The van der Waals surface area contributed by atoms with Crippen LogP contribution in [0.25, 0.3) is 0 Å². The van der Waals surface area contributed by atoms with Crippen LogP contribution >= 0.6 is 0 Å². The maximum absolute atomic E-state index is 12.9. The highest BCUT2D eigenvalue weighted by Gasteiger charge is 2.36. The zero-order chi connectivity index (χ0) is 19.7. The number of pyridine rings is 1. The summed E-state index contributed by atoms with van der Waals surface area (Å²) in [6.07, 6.45) is 7.34. The van der Waals surface area contributed by atoms with Crippen LogP contribution < -0.4 is 10.1 Å². The molecule has 2 aromatic heterocycles. The summed E-state index contributed by atoms with van der Waals surface area (Å²) in [6, 6.07) is 1.62. The van der Waals surface area contributed by atoms with Crippen LogP contribution in [-0.2, 0) is 17.9 Å². The Hall–Kier alpha value is -2.97. The van der Waals surface area contributed by atoms with Gasteiger partial charge in [-0.25, -0.2) is 14.6 Å². The van der Waals surface area contributed by atoms with E-state index in [1.165, 1.54) is 30.2 Å². The Morgan fingerprint density at radius 1 is 1.39 bits per heavy atom. The molecular weight excluding hydrogens is 360 g/mol. The Balaban J connectivity index is 1.49. The van der Waals surface area contributed by atoms with Crippen LogP contribution in [0.1, 0.15) is 60.3 Å². The van der Waals surface area contributed by atoms with E-state index in [0.717, 1.165) is 18.5 Å². The van der Waals surface area contributed by atoms with Crippen molar-refractivity contribution in [2.75, 3.05) is 7.11 Å². The normalized spacial score (nSPS) is 17.6. The SMILES string of the molecule is COc1nc2c(cc1CNC(=O)[C@@H](C)n1cncn1)C(=O)N(C1CCCC1)C2. The van der Waals surface area contributed by atoms with Crippen molar-refractivity contribution < 1.29 is 14.3 Å². The number of methoxy groups -OCH3 is 1. The topological polar surface area (TPSA) is 102 Å². The van der Waals surface area contributed by atoms with Gasteiger partial charge >= 0.3 is 0 Å². The summed E-state index contributed by atoms with van der Waals surface area (Å²) in [7, 11) is 1.55. The average Bonchev–Trinajstić information content (AvgIpc) is 3.46. The van der Waals surface area contributed by atoms with Crippen molar-refractivity contribution in [3.8, 4) is 5.88 Å². The molecule has 0 aromatic carbocycles. The predicted octanol–water partition coefficient (Wildman–Crippen LogP) is 1.46. The van der Waals surface area contributed by atoms with Crippen LogP contribution in [-0.4, -0.2) is 49.6 Å². The molecular formula is C19H24N6O3. The molecule has 0 spiro atoms. The molecule has 3 heterocycles. The lowest BCUT2D eigenvalue weighted by Crippen LogP contribution is -2.33. The van der Waals surface area contributed by atoms with E-state index < -0.39 is 6.04 Å². The Morgan fingerprint density at radius 3 is 2.86 bits per heavy atom. The van der Waals surface area contributed by atoms with Gasteiger partial charge in [-0.05, 0) is 25.8 Å². The number of amides is 2. The van der Waals surface area contributed by atoms with E-state index in [1.807, 2.05) is 4.90 Å². The molecule has 1 saturated carbocycles. The van der Waals surface area contributed by atoms with Crippen LogP contribution in [0.3, 0.4) is 0 Å². The third-order valence-electron chi connectivity index (χ3n) is 5.58. The van der Waals surface area contributed by atoms with Crippen LogP contribution in [0.5, 0.6) is 5.88 Å². The molecule has 0 saturated heterocycles. The zero-order valence-corrected chi connectivity index (χ0v) is 16.1. The fourth-order valence-electron chi connectivity index (χ4n) is 3.95. The molecule has 1 aliphatic heterocycles. The van der Waals surface area contributed by atoms with Crippen molar-refractivity contribution >= 4 is 11.8 Å². The number of nitrogens with one attached hydrogen (secondary N) is 1. The summed E-state index contributed by atoms with van der Waals surface area (Å²) < 4.78 is 6.89. The first-order valence-electron chi connectivity index (χ1n) is 9.58. The van der Waals surface area contributed by atoms with Gasteiger partial charge in [0, 0.05) is 18.2 Å². The summed E-state index contributed by atoms with van der Waals surface area (Å²) in [5.74, 6) is 0.265. The molecule has 2 aliphatic rings. The van der Waals surface area contributed by atoms with Crippen molar-refractivity contribution in [3.63, 3.8) is 0 Å². The second kappa shape index (κ2) is 7.57. The molecule has 0 bridgehead atoms. The van der Waals surface area contributed by atoms with Crippen molar-refractivity contribution in [1.29, 1.82) is 0 Å². The highest BCUT2D eigenvalue weighted by Crippen LogP contribution is 2.33.